The van der Waals surface area contributed by atoms with Crippen molar-refractivity contribution < 1.29 is 9.53 Å². The Morgan fingerprint density at radius 2 is 2.04 bits per heavy atom. The Morgan fingerprint density at radius 3 is 2.67 bits per heavy atom. The van der Waals surface area contributed by atoms with Gasteiger partial charge in [-0.05, 0) is 31.1 Å². The Balaban J connectivity index is 1.72. The molecule has 5 nitrogen and oxygen atoms in total. The molecule has 1 aromatic carbocycles. The van der Waals surface area contributed by atoms with Crippen LogP contribution in [0.4, 0.5) is 0 Å². The molecular weight excluding hydrogens is 342 g/mol. The van der Waals surface area contributed by atoms with Gasteiger partial charge in [-0.2, -0.15) is 0 Å². The third kappa shape index (κ3) is 5.90. The third-order valence-corrected chi connectivity index (χ3v) is 4.45. The number of benzene rings is 1. The maximum Gasteiger partial charge on any atom is 0.305 e. The summed E-state index contributed by atoms with van der Waals surface area (Å²) in [4.78, 5) is 15.5. The van der Waals surface area contributed by atoms with Crippen molar-refractivity contribution in [3.8, 4) is 11.3 Å². The maximum absolute atomic E-state index is 11.0. The van der Waals surface area contributed by atoms with Gasteiger partial charge in [-0.25, -0.2) is 4.98 Å². The summed E-state index contributed by atoms with van der Waals surface area (Å²) >= 11 is 6.87. The molecule has 2 rings (SSSR count). The normalized spacial score (nSPS) is 10.2. The molecule has 2 N–H and O–H groups in total. The van der Waals surface area contributed by atoms with Gasteiger partial charge >= 0.3 is 5.97 Å². The molecule has 0 fully saturated rings. The van der Waals surface area contributed by atoms with Gasteiger partial charge in [0.05, 0.1) is 17.8 Å². The molecule has 0 aliphatic rings. The lowest BCUT2D eigenvalue weighted by Gasteiger charge is -2.10. The van der Waals surface area contributed by atoms with Crippen LogP contribution >= 0.6 is 23.6 Å². The summed E-state index contributed by atoms with van der Waals surface area (Å²) in [5.74, 6) is -0.203. The Hall–Kier alpha value is -1.99. The average molecular weight is 364 g/mol. The molecule has 128 valence electrons. The lowest BCUT2D eigenvalue weighted by atomic mass is 10.1. The summed E-state index contributed by atoms with van der Waals surface area (Å²) in [5.41, 5.74) is 3.27. The van der Waals surface area contributed by atoms with Gasteiger partial charge in [0.25, 0.3) is 0 Å². The summed E-state index contributed by atoms with van der Waals surface area (Å²) in [6, 6.07) is 8.27. The van der Waals surface area contributed by atoms with Crippen molar-refractivity contribution in [2.24, 2.45) is 0 Å². The smallest absolute Gasteiger partial charge is 0.305 e. The minimum absolute atomic E-state index is 0.203. The molecule has 24 heavy (non-hydrogen) atoms. The zero-order valence-corrected chi connectivity index (χ0v) is 15.4. The predicted molar refractivity (Wildman–Crippen MR) is 101 cm³/mol. The van der Waals surface area contributed by atoms with E-state index in [1.54, 1.807) is 11.3 Å². The summed E-state index contributed by atoms with van der Waals surface area (Å²) in [7, 11) is 1.39. The zero-order valence-electron chi connectivity index (χ0n) is 13.8. The highest BCUT2D eigenvalue weighted by atomic mass is 32.1. The van der Waals surface area contributed by atoms with Gasteiger partial charge < -0.3 is 15.4 Å². The van der Waals surface area contributed by atoms with E-state index in [1.165, 1.54) is 7.11 Å². The largest absolute Gasteiger partial charge is 0.469 e. The summed E-state index contributed by atoms with van der Waals surface area (Å²) in [6.45, 7) is 3.30. The second-order valence-electron chi connectivity index (χ2n) is 5.24. The molecule has 0 spiro atoms. The maximum atomic E-state index is 11.0. The number of carbonyl (C=O) groups excluding carboxylic acids is 1. The number of nitrogens with zero attached hydrogens (tertiary/aromatic N) is 1. The van der Waals surface area contributed by atoms with Gasteiger partial charge in [-0.15, -0.1) is 11.3 Å². The summed E-state index contributed by atoms with van der Waals surface area (Å²) < 4.78 is 4.59. The van der Waals surface area contributed by atoms with Crippen molar-refractivity contribution in [3.05, 3.63) is 40.2 Å². The third-order valence-electron chi connectivity index (χ3n) is 3.39. The first-order chi connectivity index (χ1) is 11.6. The number of esters is 1. The van der Waals surface area contributed by atoms with Crippen LogP contribution in [0.1, 0.15) is 23.4 Å². The van der Waals surface area contributed by atoms with Crippen molar-refractivity contribution in [3.63, 3.8) is 0 Å². The van der Waals surface area contributed by atoms with E-state index >= 15 is 0 Å². The highest BCUT2D eigenvalue weighted by molar-refractivity contribution is 7.80. The molecule has 0 amide bonds. The molecule has 0 saturated carbocycles. The second kappa shape index (κ2) is 9.34. The van der Waals surface area contributed by atoms with Gasteiger partial charge in [0, 0.05) is 30.5 Å². The molecule has 0 bridgehead atoms. The number of carbonyl (C=O) groups is 1. The van der Waals surface area contributed by atoms with Crippen molar-refractivity contribution in [1.82, 2.24) is 15.6 Å². The number of aromatic nitrogens is 1. The van der Waals surface area contributed by atoms with Gasteiger partial charge in [0.15, 0.2) is 5.11 Å². The van der Waals surface area contributed by atoms with Gasteiger partial charge in [0.1, 0.15) is 0 Å². The lowest BCUT2D eigenvalue weighted by molar-refractivity contribution is -0.140. The van der Waals surface area contributed by atoms with Gasteiger partial charge in [-0.1, -0.05) is 24.3 Å². The SMILES string of the molecule is COC(=O)CCCNC(=S)NCc1ccc(-c2csc(C)n2)cc1. The van der Waals surface area contributed by atoms with Crippen LogP contribution in [-0.4, -0.2) is 29.7 Å². The molecule has 1 heterocycles. The molecule has 0 saturated heterocycles. The number of aryl methyl sites for hydroxylation is 1. The fraction of sp³-hybridized carbons (Fsp3) is 0.353. The summed E-state index contributed by atoms with van der Waals surface area (Å²) in [5, 5.41) is 9.95. The average Bonchev–Trinajstić information content (AvgIpc) is 3.03. The standard InChI is InChI=1S/C17H21N3O2S2/c1-12-20-15(11-24-12)14-7-5-13(6-8-14)10-19-17(23)18-9-3-4-16(21)22-2/h5-8,11H,3-4,9-10H2,1-2H3,(H2,18,19,23). The van der Waals surface area contributed by atoms with Crippen molar-refractivity contribution >= 4 is 34.6 Å². The highest BCUT2D eigenvalue weighted by Gasteiger charge is 2.03. The zero-order chi connectivity index (χ0) is 17.4. The first kappa shape index (κ1) is 18.4. The fourth-order valence-electron chi connectivity index (χ4n) is 2.07. The molecule has 0 radical (unpaired) electrons. The van der Waals surface area contributed by atoms with E-state index in [2.05, 4.69) is 50.0 Å². The van der Waals surface area contributed by atoms with E-state index in [4.69, 9.17) is 12.2 Å². The predicted octanol–water partition coefficient (Wildman–Crippen LogP) is 3.04. The minimum atomic E-state index is -0.203. The Bertz CT molecular complexity index is 683. The number of methoxy groups -OCH3 is 1. The van der Waals surface area contributed by atoms with Crippen LogP contribution in [0.5, 0.6) is 0 Å². The quantitative estimate of drug-likeness (QED) is 0.448. The Labute approximate surface area is 151 Å². The number of thiocarbonyl (C=S) groups is 1. The Morgan fingerprint density at radius 1 is 1.29 bits per heavy atom. The number of nitrogens with one attached hydrogen (secondary N) is 2. The molecule has 7 heteroatoms. The molecule has 0 atom stereocenters. The number of hydrogen-bond acceptors (Lipinski definition) is 5. The number of thiazole rings is 1. The molecule has 0 aliphatic carbocycles. The Kier molecular flexibility index (Phi) is 7.14. The van der Waals surface area contributed by atoms with E-state index in [0.29, 0.717) is 31.0 Å². The van der Waals surface area contributed by atoms with Crippen LogP contribution < -0.4 is 10.6 Å². The molecule has 0 unspecified atom stereocenters. The minimum Gasteiger partial charge on any atom is -0.469 e. The number of ether oxygens (including phenoxy) is 1. The topological polar surface area (TPSA) is 63.2 Å². The van der Waals surface area contributed by atoms with E-state index < -0.39 is 0 Å². The molecule has 1 aromatic heterocycles. The van der Waals surface area contributed by atoms with Crippen molar-refractivity contribution in [1.29, 1.82) is 0 Å². The van der Waals surface area contributed by atoms with Gasteiger partial charge in [0.2, 0.25) is 0 Å². The van der Waals surface area contributed by atoms with Crippen LogP contribution in [0.15, 0.2) is 29.6 Å². The van der Waals surface area contributed by atoms with Crippen LogP contribution in [0.2, 0.25) is 0 Å². The second-order valence-corrected chi connectivity index (χ2v) is 6.71. The van der Waals surface area contributed by atoms with Crippen molar-refractivity contribution in [2.75, 3.05) is 13.7 Å². The van der Waals surface area contributed by atoms with E-state index in [0.717, 1.165) is 21.8 Å². The lowest BCUT2D eigenvalue weighted by Crippen LogP contribution is -2.35. The first-order valence-corrected chi connectivity index (χ1v) is 8.97. The van der Waals surface area contributed by atoms with Crippen molar-refractivity contribution in [2.45, 2.75) is 26.3 Å². The first-order valence-electron chi connectivity index (χ1n) is 7.68. The van der Waals surface area contributed by atoms with E-state index in [9.17, 15) is 4.79 Å². The van der Waals surface area contributed by atoms with Crippen LogP contribution in [-0.2, 0) is 16.1 Å². The molecule has 2 aromatic rings. The van der Waals surface area contributed by atoms with Crippen LogP contribution in [0, 0.1) is 6.92 Å². The fourth-order valence-corrected chi connectivity index (χ4v) is 2.87. The van der Waals surface area contributed by atoms with Crippen LogP contribution in [0.25, 0.3) is 11.3 Å². The number of rotatable bonds is 7. The number of hydrogen-bond donors (Lipinski definition) is 2. The van der Waals surface area contributed by atoms with E-state index in [-0.39, 0.29) is 5.97 Å². The molecule has 0 aliphatic heterocycles. The van der Waals surface area contributed by atoms with E-state index in [1.807, 2.05) is 6.92 Å². The van der Waals surface area contributed by atoms with Gasteiger partial charge in [-0.3, -0.25) is 4.79 Å². The summed E-state index contributed by atoms with van der Waals surface area (Å²) in [6.07, 6.45) is 1.08. The monoisotopic (exact) mass is 363 g/mol. The van der Waals surface area contributed by atoms with Crippen LogP contribution in [0.3, 0.4) is 0 Å². The molecular formula is C17H21N3O2S2. The highest BCUT2D eigenvalue weighted by Crippen LogP contribution is 2.21.